The summed E-state index contributed by atoms with van der Waals surface area (Å²) in [7, 11) is 0. The second kappa shape index (κ2) is 5.96. The van der Waals surface area contributed by atoms with E-state index < -0.39 is 11.7 Å². The quantitative estimate of drug-likeness (QED) is 0.502. The maximum Gasteiger partial charge on any atom is 0.416 e. The van der Waals surface area contributed by atoms with E-state index in [4.69, 9.17) is 9.47 Å². The molecule has 156 valence electrons. The van der Waals surface area contributed by atoms with Gasteiger partial charge in [0.1, 0.15) is 29.8 Å². The smallest absolute Gasteiger partial charge is 0.416 e. The summed E-state index contributed by atoms with van der Waals surface area (Å²) in [5.74, 6) is 2.36. The molecule has 1 fully saturated rings. The van der Waals surface area contributed by atoms with Crippen molar-refractivity contribution in [1.29, 1.82) is 0 Å². The number of alkyl halides is 3. The number of hydrogen-bond acceptors (Lipinski definition) is 5. The van der Waals surface area contributed by atoms with Gasteiger partial charge in [-0.3, -0.25) is 0 Å². The van der Waals surface area contributed by atoms with Gasteiger partial charge in [0, 0.05) is 23.2 Å². The van der Waals surface area contributed by atoms with Gasteiger partial charge < -0.3 is 14.5 Å². The van der Waals surface area contributed by atoms with Gasteiger partial charge in [-0.15, -0.1) is 0 Å². The number of halogens is 3. The van der Waals surface area contributed by atoms with E-state index in [-0.39, 0.29) is 17.4 Å². The summed E-state index contributed by atoms with van der Waals surface area (Å²) in [4.78, 5) is 15.5. The molecule has 3 heterocycles. The molecule has 0 saturated heterocycles. The van der Waals surface area contributed by atoms with Crippen LogP contribution in [0.1, 0.15) is 29.8 Å². The normalized spacial score (nSPS) is 23.9. The Bertz CT molecular complexity index is 1320. The van der Waals surface area contributed by atoms with E-state index >= 15 is 0 Å². The van der Waals surface area contributed by atoms with Gasteiger partial charge in [-0.05, 0) is 36.4 Å². The molecule has 3 atom stereocenters. The summed E-state index contributed by atoms with van der Waals surface area (Å²) < 4.78 is 51.0. The number of aromatic nitrogens is 4. The summed E-state index contributed by atoms with van der Waals surface area (Å²) in [5, 5.41) is 0. The molecule has 31 heavy (non-hydrogen) atoms. The van der Waals surface area contributed by atoms with Crippen molar-refractivity contribution >= 4 is 11.0 Å². The predicted octanol–water partition coefficient (Wildman–Crippen LogP) is 4.98. The Labute approximate surface area is 174 Å². The Morgan fingerprint density at radius 1 is 1.13 bits per heavy atom. The molecule has 0 spiro atoms. The van der Waals surface area contributed by atoms with Crippen molar-refractivity contribution < 1.29 is 22.6 Å². The highest BCUT2D eigenvalue weighted by molar-refractivity contribution is 5.77. The minimum Gasteiger partial charge on any atom is -0.488 e. The standard InChI is InChI=1S/C22H15F3N4O2/c1-21-13-9-12(30-17-6-7-26-10-27-17)3-5-16(13)31-19(21)18(21)20-28-14-4-2-11(22(23,24)25)8-15(14)29-20/h2-10,18-19H,1H3,(H,28,29). The first-order valence-electron chi connectivity index (χ1n) is 9.66. The van der Waals surface area contributed by atoms with Gasteiger partial charge in [-0.2, -0.15) is 13.2 Å². The third-order valence-electron chi connectivity index (χ3n) is 6.12. The number of aromatic amines is 1. The number of nitrogens with one attached hydrogen (secondary N) is 1. The highest BCUT2D eigenvalue weighted by Crippen LogP contribution is 2.67. The molecule has 6 nitrogen and oxygen atoms in total. The molecule has 4 aromatic rings. The summed E-state index contributed by atoms with van der Waals surface area (Å²) in [6.07, 6.45) is -1.53. The number of hydrogen-bond donors (Lipinski definition) is 1. The zero-order valence-corrected chi connectivity index (χ0v) is 16.1. The Hall–Kier alpha value is -3.62. The van der Waals surface area contributed by atoms with E-state index in [1.165, 1.54) is 12.4 Å². The highest BCUT2D eigenvalue weighted by Gasteiger charge is 2.71. The maximum atomic E-state index is 13.0. The predicted molar refractivity (Wildman–Crippen MR) is 104 cm³/mol. The fourth-order valence-corrected chi connectivity index (χ4v) is 4.46. The second-order valence-corrected chi connectivity index (χ2v) is 7.96. The first-order chi connectivity index (χ1) is 14.8. The van der Waals surface area contributed by atoms with Crippen molar-refractivity contribution in [2.45, 2.75) is 30.5 Å². The lowest BCUT2D eigenvalue weighted by Gasteiger charge is -2.13. The molecule has 1 saturated carbocycles. The lowest BCUT2D eigenvalue weighted by atomic mass is 9.95. The van der Waals surface area contributed by atoms with Gasteiger partial charge in [-0.1, -0.05) is 6.92 Å². The number of H-pyrrole nitrogens is 1. The lowest BCUT2D eigenvalue weighted by Crippen LogP contribution is -2.04. The first kappa shape index (κ1) is 18.2. The van der Waals surface area contributed by atoms with Crippen LogP contribution in [0.2, 0.25) is 0 Å². The fraction of sp³-hybridized carbons (Fsp3) is 0.227. The number of ether oxygens (including phenoxy) is 2. The second-order valence-electron chi connectivity index (χ2n) is 7.96. The van der Waals surface area contributed by atoms with Crippen molar-refractivity contribution in [3.8, 4) is 17.4 Å². The van der Waals surface area contributed by atoms with Gasteiger partial charge in [-0.25, -0.2) is 15.0 Å². The number of fused-ring (bicyclic) bond motifs is 4. The van der Waals surface area contributed by atoms with E-state index in [1.807, 2.05) is 18.2 Å². The summed E-state index contributed by atoms with van der Waals surface area (Å²) >= 11 is 0. The Kier molecular flexibility index (Phi) is 3.50. The highest BCUT2D eigenvalue weighted by atomic mass is 19.4. The molecule has 2 aromatic carbocycles. The van der Waals surface area contributed by atoms with Crippen LogP contribution in [0.5, 0.6) is 17.4 Å². The van der Waals surface area contributed by atoms with Crippen molar-refractivity contribution in [2.24, 2.45) is 0 Å². The molecular weight excluding hydrogens is 409 g/mol. The summed E-state index contributed by atoms with van der Waals surface area (Å²) in [5.41, 5.74) is 0.786. The fourth-order valence-electron chi connectivity index (χ4n) is 4.46. The molecule has 3 unspecified atom stereocenters. The van der Waals surface area contributed by atoms with Gasteiger partial charge in [0.25, 0.3) is 0 Å². The van der Waals surface area contributed by atoms with Crippen molar-refractivity contribution in [1.82, 2.24) is 19.9 Å². The molecule has 6 rings (SSSR count). The van der Waals surface area contributed by atoms with Crippen molar-refractivity contribution in [3.05, 3.63) is 71.9 Å². The summed E-state index contributed by atoms with van der Waals surface area (Å²) in [6.45, 7) is 2.07. The van der Waals surface area contributed by atoms with Crippen LogP contribution in [0, 0.1) is 0 Å². The van der Waals surface area contributed by atoms with Crippen LogP contribution >= 0.6 is 0 Å². The topological polar surface area (TPSA) is 72.9 Å². The minimum atomic E-state index is -4.40. The van der Waals surface area contributed by atoms with Crippen LogP contribution in [-0.4, -0.2) is 26.0 Å². The Morgan fingerprint density at radius 3 is 2.77 bits per heavy atom. The maximum absolute atomic E-state index is 13.0. The molecule has 0 bridgehead atoms. The van der Waals surface area contributed by atoms with Crippen molar-refractivity contribution in [3.63, 3.8) is 0 Å². The molecule has 0 radical (unpaired) electrons. The number of benzene rings is 2. The van der Waals surface area contributed by atoms with Crippen LogP contribution in [0.25, 0.3) is 11.0 Å². The molecule has 2 aliphatic rings. The molecule has 1 aliphatic heterocycles. The summed E-state index contributed by atoms with van der Waals surface area (Å²) in [6, 6.07) is 10.8. The van der Waals surface area contributed by atoms with E-state index in [1.54, 1.807) is 12.3 Å². The number of rotatable bonds is 3. The number of nitrogens with zero attached hydrogens (tertiary/aromatic N) is 3. The van der Waals surface area contributed by atoms with E-state index in [2.05, 4.69) is 26.9 Å². The zero-order valence-electron chi connectivity index (χ0n) is 16.1. The Morgan fingerprint density at radius 2 is 2.00 bits per heavy atom. The molecule has 1 N–H and O–H groups in total. The van der Waals surface area contributed by atoms with Crippen LogP contribution in [0.15, 0.2) is 55.0 Å². The van der Waals surface area contributed by atoms with Gasteiger partial charge in [0.05, 0.1) is 22.5 Å². The van der Waals surface area contributed by atoms with Crippen LogP contribution in [-0.2, 0) is 11.6 Å². The third-order valence-corrected chi connectivity index (χ3v) is 6.12. The SMILES string of the molecule is CC12c3cc(Oc4ccncn4)ccc3OC1C2c1nc2ccc(C(F)(F)F)cc2[nH]1. The van der Waals surface area contributed by atoms with E-state index in [9.17, 15) is 13.2 Å². The average molecular weight is 424 g/mol. The molecular formula is C22H15F3N4O2. The third kappa shape index (κ3) is 2.69. The largest absolute Gasteiger partial charge is 0.488 e. The van der Waals surface area contributed by atoms with Crippen LogP contribution < -0.4 is 9.47 Å². The molecule has 1 aliphatic carbocycles. The zero-order chi connectivity index (χ0) is 21.4. The first-order valence-corrected chi connectivity index (χ1v) is 9.66. The molecule has 9 heteroatoms. The van der Waals surface area contributed by atoms with Gasteiger partial charge in [0.15, 0.2) is 0 Å². The average Bonchev–Trinajstić information content (AvgIpc) is 3.02. The lowest BCUT2D eigenvalue weighted by molar-refractivity contribution is -0.137. The molecule has 2 aromatic heterocycles. The van der Waals surface area contributed by atoms with Crippen molar-refractivity contribution in [2.75, 3.05) is 0 Å². The van der Waals surface area contributed by atoms with Gasteiger partial charge >= 0.3 is 6.18 Å². The molecule has 0 amide bonds. The van der Waals surface area contributed by atoms with Gasteiger partial charge in [0.2, 0.25) is 5.88 Å². The van der Waals surface area contributed by atoms with E-state index in [0.29, 0.717) is 28.5 Å². The minimum absolute atomic E-state index is 0.0870. The number of imidazole rings is 1. The monoisotopic (exact) mass is 424 g/mol. The van der Waals surface area contributed by atoms with Crippen LogP contribution in [0.4, 0.5) is 13.2 Å². The van der Waals surface area contributed by atoms with Crippen LogP contribution in [0.3, 0.4) is 0 Å². The van der Waals surface area contributed by atoms with E-state index in [0.717, 1.165) is 23.4 Å². The Balaban J connectivity index is 1.33.